The van der Waals surface area contributed by atoms with E-state index < -0.39 is 46.4 Å². The van der Waals surface area contributed by atoms with Crippen LogP contribution in [0.4, 0.5) is 29.9 Å². The fourth-order valence-electron chi connectivity index (χ4n) is 6.33. The maximum Gasteiger partial charge on any atom is 0.415 e. The largest absolute Gasteiger partial charge is 0.489 e. The van der Waals surface area contributed by atoms with Gasteiger partial charge in [-0.05, 0) is 29.8 Å². The number of sulfonamides is 1. The number of rotatable bonds is 9. The molecular weight excluding hydrogens is 716 g/mol. The number of halogens is 3. The summed E-state index contributed by atoms with van der Waals surface area (Å²) in [7, 11) is -4.01. The lowest BCUT2D eigenvalue weighted by molar-refractivity contribution is -0.199. The molecule has 0 aliphatic carbocycles. The van der Waals surface area contributed by atoms with Crippen LogP contribution in [0, 0.1) is 0 Å². The van der Waals surface area contributed by atoms with Crippen LogP contribution in [0.5, 0.6) is 5.75 Å². The number of alkyl carbamates (subject to hydrolysis) is 1. The number of pyridine rings is 1. The summed E-state index contributed by atoms with van der Waals surface area (Å²) in [6.45, 7) is 0.513. The highest BCUT2D eigenvalue weighted by Gasteiger charge is 2.47. The second kappa shape index (κ2) is 14.4. The van der Waals surface area contributed by atoms with Gasteiger partial charge in [0.25, 0.3) is 0 Å². The summed E-state index contributed by atoms with van der Waals surface area (Å²) in [5.41, 5.74) is 0.784. The molecule has 3 atom stereocenters. The summed E-state index contributed by atoms with van der Waals surface area (Å²) in [5.74, 6) is -3.01. The lowest BCUT2D eigenvalue weighted by Crippen LogP contribution is -2.49. The van der Waals surface area contributed by atoms with Crippen molar-refractivity contribution < 1.29 is 50.5 Å². The molecule has 0 saturated carbocycles. The molecule has 0 spiro atoms. The van der Waals surface area contributed by atoms with Gasteiger partial charge in [-0.2, -0.15) is 13.1 Å². The van der Waals surface area contributed by atoms with E-state index in [2.05, 4.69) is 10.3 Å². The first-order valence-electron chi connectivity index (χ1n) is 16.2. The molecule has 2 aromatic carbocycles. The number of hydrogen-bond acceptors (Lipinski definition) is 11. The first-order valence-corrected chi connectivity index (χ1v) is 18.0. The number of alkyl halides is 2. The zero-order chi connectivity index (χ0) is 35.8. The van der Waals surface area contributed by atoms with Crippen LogP contribution < -0.4 is 19.9 Å². The van der Waals surface area contributed by atoms with Gasteiger partial charge in [0.15, 0.2) is 0 Å². The summed E-state index contributed by atoms with van der Waals surface area (Å²) in [6, 6.07) is 15.2. The number of nitrogens with zero attached hydrogens (tertiary/aromatic N) is 4. The average molecular weight is 750 g/mol. The topological polar surface area (TPSA) is 149 Å². The summed E-state index contributed by atoms with van der Waals surface area (Å²) >= 11 is 6.15. The van der Waals surface area contributed by atoms with Gasteiger partial charge in [-0.3, -0.25) is 4.90 Å². The lowest BCUT2D eigenvalue weighted by atomic mass is 10.0. The van der Waals surface area contributed by atoms with Gasteiger partial charge in [-0.25, -0.2) is 23.0 Å². The molecular formula is C33H34ClF2N5O9S. The van der Waals surface area contributed by atoms with Gasteiger partial charge < -0.3 is 33.9 Å². The molecule has 3 saturated heterocycles. The number of fused-ring (bicyclic) bond motifs is 3. The van der Waals surface area contributed by atoms with Crippen LogP contribution in [0.1, 0.15) is 11.1 Å². The number of carbonyl (C=O) groups excluding carboxylic acids is 2. The summed E-state index contributed by atoms with van der Waals surface area (Å²) < 4.78 is 86.3. The van der Waals surface area contributed by atoms with Crippen LogP contribution in [-0.2, 0) is 41.5 Å². The zero-order valence-corrected chi connectivity index (χ0v) is 28.7. The van der Waals surface area contributed by atoms with Crippen molar-refractivity contribution in [2.24, 2.45) is 0 Å². The minimum Gasteiger partial charge on any atom is -0.489 e. The Kier molecular flexibility index (Phi) is 9.91. The summed E-state index contributed by atoms with van der Waals surface area (Å²) in [6.07, 6.45) is -3.53. The van der Waals surface area contributed by atoms with E-state index in [4.69, 9.17) is 35.3 Å². The number of benzene rings is 2. The predicted octanol–water partition coefficient (Wildman–Crippen LogP) is 3.77. The van der Waals surface area contributed by atoms with Crippen LogP contribution in [0.2, 0.25) is 5.15 Å². The monoisotopic (exact) mass is 749 g/mol. The zero-order valence-electron chi connectivity index (χ0n) is 27.1. The molecule has 5 heterocycles. The number of piperazine rings is 1. The van der Waals surface area contributed by atoms with Gasteiger partial charge >= 0.3 is 18.1 Å². The number of anilines is 2. The minimum absolute atomic E-state index is 0.000109. The third kappa shape index (κ3) is 7.26. The molecule has 3 fully saturated rings. The Labute approximate surface area is 297 Å². The Balaban J connectivity index is 0.973. The fraction of sp³-hybridized carbons (Fsp3) is 0.424. The van der Waals surface area contributed by atoms with Crippen molar-refractivity contribution in [3.05, 3.63) is 76.9 Å². The van der Waals surface area contributed by atoms with Gasteiger partial charge in [-0.1, -0.05) is 41.9 Å². The van der Waals surface area contributed by atoms with Crippen molar-refractivity contribution >= 4 is 45.3 Å². The van der Waals surface area contributed by atoms with E-state index in [1.54, 1.807) is 4.90 Å². The van der Waals surface area contributed by atoms with Crippen molar-refractivity contribution in [1.29, 1.82) is 0 Å². The first-order chi connectivity index (χ1) is 24.5. The standard InChI is InChI=1S/C33H34ClF2N5O9S/c34-29-14-22(33(35,36)28-20-46-12-13-47-28)15-30(38-29)39-8-10-40(11-9-39)51(44,45)23-6-7-24-26(16-23)48-19-25-27(50-32(43)41(24)25)17-37-31(42)49-18-21-4-2-1-3-5-21/h1-7,14-16,25,27-28H,8-13,17-20H2,(H,37,42)/t25-,27+,28?/m1/s1. The Morgan fingerprint density at radius 3 is 2.57 bits per heavy atom. The Morgan fingerprint density at radius 1 is 1.04 bits per heavy atom. The van der Waals surface area contributed by atoms with Crippen molar-refractivity contribution in [2.75, 3.05) is 69.0 Å². The molecule has 4 aliphatic heterocycles. The third-order valence-electron chi connectivity index (χ3n) is 9.06. The molecule has 1 aromatic heterocycles. The smallest absolute Gasteiger partial charge is 0.415 e. The molecule has 51 heavy (non-hydrogen) atoms. The van der Waals surface area contributed by atoms with E-state index >= 15 is 8.78 Å². The number of ether oxygens (including phenoxy) is 5. The minimum atomic E-state index is -4.01. The van der Waals surface area contributed by atoms with Crippen molar-refractivity contribution in [1.82, 2.24) is 14.6 Å². The Morgan fingerprint density at radius 2 is 1.82 bits per heavy atom. The van der Waals surface area contributed by atoms with Gasteiger partial charge in [0.2, 0.25) is 10.0 Å². The number of hydrogen-bond donors (Lipinski definition) is 1. The maximum absolute atomic E-state index is 15.3. The number of carbonyl (C=O) groups is 2. The summed E-state index contributed by atoms with van der Waals surface area (Å²) in [5, 5.41) is 2.49. The van der Waals surface area contributed by atoms with Gasteiger partial charge in [0.05, 0.1) is 36.9 Å². The first kappa shape index (κ1) is 35.1. The van der Waals surface area contributed by atoms with E-state index in [1.807, 2.05) is 30.3 Å². The quantitative estimate of drug-likeness (QED) is 0.319. The highest BCUT2D eigenvalue weighted by atomic mass is 35.5. The number of amides is 2. The molecule has 14 nitrogen and oxygen atoms in total. The molecule has 2 amide bonds. The molecule has 272 valence electrons. The number of cyclic esters (lactones) is 1. The number of nitrogens with one attached hydrogen (secondary N) is 1. The van der Waals surface area contributed by atoms with Crippen LogP contribution in [0.3, 0.4) is 0 Å². The molecule has 1 N–H and O–H groups in total. The number of aromatic nitrogens is 1. The molecule has 18 heteroatoms. The average Bonchev–Trinajstić information content (AvgIpc) is 3.48. The van der Waals surface area contributed by atoms with E-state index in [0.29, 0.717) is 5.69 Å². The van der Waals surface area contributed by atoms with E-state index in [-0.39, 0.29) is 92.9 Å². The lowest BCUT2D eigenvalue weighted by Gasteiger charge is -2.36. The van der Waals surface area contributed by atoms with Crippen LogP contribution in [-0.4, -0.2) is 107 Å². The van der Waals surface area contributed by atoms with Crippen molar-refractivity contribution in [3.63, 3.8) is 0 Å². The van der Waals surface area contributed by atoms with Crippen molar-refractivity contribution in [2.45, 2.75) is 35.7 Å². The molecule has 4 aliphatic rings. The second-order valence-corrected chi connectivity index (χ2v) is 14.6. The van der Waals surface area contributed by atoms with Gasteiger partial charge in [0.1, 0.15) is 48.2 Å². The molecule has 1 unspecified atom stereocenters. The van der Waals surface area contributed by atoms with Gasteiger partial charge in [0, 0.05) is 37.8 Å². The third-order valence-corrected chi connectivity index (χ3v) is 11.1. The molecule has 0 bridgehead atoms. The van der Waals surface area contributed by atoms with Crippen molar-refractivity contribution in [3.8, 4) is 5.75 Å². The predicted molar refractivity (Wildman–Crippen MR) is 178 cm³/mol. The van der Waals surface area contributed by atoms with Crippen LogP contribution in [0.25, 0.3) is 0 Å². The molecule has 3 aromatic rings. The van der Waals surface area contributed by atoms with E-state index in [9.17, 15) is 18.0 Å². The second-order valence-electron chi connectivity index (χ2n) is 12.2. The van der Waals surface area contributed by atoms with Crippen LogP contribution in [0.15, 0.2) is 65.6 Å². The van der Waals surface area contributed by atoms with E-state index in [1.165, 1.54) is 33.5 Å². The Hall–Kier alpha value is -4.29. The fourth-order valence-corrected chi connectivity index (χ4v) is 7.98. The normalized spacial score (nSPS) is 22.4. The van der Waals surface area contributed by atoms with E-state index in [0.717, 1.165) is 11.6 Å². The SMILES string of the molecule is O=C(NC[C@@H]1OC(=O)N2c3ccc(S(=O)(=O)N4CCN(c5cc(C(F)(F)C6COCCO6)cc(Cl)n5)CC4)cc3OC[C@H]12)OCc1ccccc1. The summed E-state index contributed by atoms with van der Waals surface area (Å²) in [4.78, 5) is 32.4. The maximum atomic E-state index is 15.3. The highest BCUT2D eigenvalue weighted by Crippen LogP contribution is 2.41. The Bertz CT molecular complexity index is 1880. The molecule has 0 radical (unpaired) electrons. The van der Waals surface area contributed by atoms with Gasteiger partial charge in [-0.15, -0.1) is 0 Å². The van der Waals surface area contributed by atoms with Crippen LogP contribution >= 0.6 is 11.6 Å². The molecule has 7 rings (SSSR count). The highest BCUT2D eigenvalue weighted by molar-refractivity contribution is 7.89.